The molecule has 0 aliphatic rings. The van der Waals surface area contributed by atoms with Crippen molar-refractivity contribution in [3.63, 3.8) is 0 Å². The van der Waals surface area contributed by atoms with Gasteiger partial charge in [-0.2, -0.15) is 0 Å². The quantitative estimate of drug-likeness (QED) is 0.145. The summed E-state index contributed by atoms with van der Waals surface area (Å²) >= 11 is 0. The summed E-state index contributed by atoms with van der Waals surface area (Å²) in [5.41, 5.74) is 18.2. The molecule has 0 amide bonds. The molecule has 0 nitrogen and oxygen atoms in total. The third kappa shape index (κ3) is 7.04. The molecule has 2 atom stereocenters. The van der Waals surface area contributed by atoms with Gasteiger partial charge in [0, 0.05) is 10.5 Å². The second-order valence-electron chi connectivity index (χ2n) is 12.5. The predicted octanol–water partition coefficient (Wildman–Crippen LogP) is 13.8. The first kappa shape index (κ1) is 32.0. The highest BCUT2D eigenvalue weighted by Gasteiger charge is 2.23. The van der Waals surface area contributed by atoms with Gasteiger partial charge in [0.1, 0.15) is 0 Å². The average Bonchev–Trinajstić information content (AvgIpc) is 3.08. The first-order chi connectivity index (χ1) is 22.3. The van der Waals surface area contributed by atoms with E-state index in [4.69, 9.17) is 0 Å². The molecule has 0 radical (unpaired) electrons. The van der Waals surface area contributed by atoms with Crippen molar-refractivity contribution in [2.75, 3.05) is 0 Å². The normalized spacial score (nSPS) is 12.6. The van der Waals surface area contributed by atoms with Crippen molar-refractivity contribution in [2.45, 2.75) is 52.0 Å². The van der Waals surface area contributed by atoms with E-state index in [-0.39, 0.29) is 10.5 Å². The molecule has 0 unspecified atom stereocenters. The third-order valence-electron chi connectivity index (χ3n) is 8.82. The number of rotatable bonds is 9. The molecule has 6 aromatic carbocycles. The lowest BCUT2D eigenvalue weighted by Crippen LogP contribution is -1.99. The molecule has 0 saturated heterocycles. The van der Waals surface area contributed by atoms with Crippen molar-refractivity contribution in [1.29, 1.82) is 0 Å². The zero-order chi connectivity index (χ0) is 32.2. The second kappa shape index (κ2) is 14.2. The van der Waals surface area contributed by atoms with E-state index in [1.165, 1.54) is 77.9 Å². The molecular formula is C44H42S2. The molecule has 0 bridgehead atoms. The summed E-state index contributed by atoms with van der Waals surface area (Å²) < 4.78 is 0. The van der Waals surface area contributed by atoms with Crippen molar-refractivity contribution >= 4 is 21.6 Å². The van der Waals surface area contributed by atoms with Gasteiger partial charge >= 0.3 is 0 Å². The Morgan fingerprint density at radius 1 is 0.326 bits per heavy atom. The molecule has 0 aliphatic carbocycles. The number of hydrogen-bond donors (Lipinski definition) is 0. The van der Waals surface area contributed by atoms with Crippen LogP contribution >= 0.6 is 21.6 Å². The number of aryl methyl sites for hydroxylation is 4. The molecular weight excluding hydrogens is 593 g/mol. The first-order valence-electron chi connectivity index (χ1n) is 16.1. The SMILES string of the molecule is Cc1ccc(-c2cccc(-c3ccc(C)cc3)c2[C@@H](C)SS[C@H](C)c2c(-c3ccc(C)cc3)cccc2-c2ccc(C)cc2)cc1. The summed E-state index contributed by atoms with van der Waals surface area (Å²) in [4.78, 5) is 0. The maximum absolute atomic E-state index is 2.38. The Morgan fingerprint density at radius 2 is 0.543 bits per heavy atom. The van der Waals surface area contributed by atoms with Gasteiger partial charge in [0.15, 0.2) is 0 Å². The maximum atomic E-state index is 2.38. The summed E-state index contributed by atoms with van der Waals surface area (Å²) in [7, 11) is 3.97. The molecule has 6 rings (SSSR count). The molecule has 0 aliphatic heterocycles. The Kier molecular flexibility index (Phi) is 9.87. The standard InChI is InChI=1S/C44H42S2/c1-29-13-21-35(22-14-29)39-9-7-10-40(36-23-15-30(2)16-24-36)43(39)33(5)45-46-34(6)44-41(37-25-17-31(3)18-26-37)11-8-12-42(44)38-27-19-32(4)20-28-38/h7-28,33-34H,1-6H3/t33-,34-/m1/s1. The second-order valence-corrected chi connectivity index (χ2v) is 15.4. The highest BCUT2D eigenvalue weighted by molar-refractivity contribution is 8.76. The van der Waals surface area contributed by atoms with Crippen molar-refractivity contribution < 1.29 is 0 Å². The van der Waals surface area contributed by atoms with E-state index >= 15 is 0 Å². The van der Waals surface area contributed by atoms with Crippen LogP contribution in [0.2, 0.25) is 0 Å². The average molecular weight is 635 g/mol. The molecule has 6 aromatic rings. The first-order valence-corrected chi connectivity index (χ1v) is 18.4. The Balaban J connectivity index is 1.39. The van der Waals surface area contributed by atoms with Crippen molar-refractivity contribution in [3.05, 3.63) is 167 Å². The van der Waals surface area contributed by atoms with Crippen LogP contribution in [0.25, 0.3) is 44.5 Å². The van der Waals surface area contributed by atoms with Gasteiger partial charge in [-0.25, -0.2) is 0 Å². The van der Waals surface area contributed by atoms with Gasteiger partial charge in [0.2, 0.25) is 0 Å². The third-order valence-corrected chi connectivity index (χ3v) is 12.0. The van der Waals surface area contributed by atoms with Gasteiger partial charge in [0.25, 0.3) is 0 Å². The van der Waals surface area contributed by atoms with Crippen molar-refractivity contribution in [1.82, 2.24) is 0 Å². The lowest BCUT2D eigenvalue weighted by Gasteiger charge is -2.24. The molecule has 2 heteroatoms. The highest BCUT2D eigenvalue weighted by atomic mass is 33.1. The molecule has 0 fully saturated rings. The molecule has 0 aromatic heterocycles. The Labute approximate surface area is 283 Å². The number of benzene rings is 6. The van der Waals surface area contributed by atoms with E-state index in [1.807, 2.05) is 21.6 Å². The Morgan fingerprint density at radius 3 is 0.761 bits per heavy atom. The van der Waals surface area contributed by atoms with Crippen LogP contribution in [0.1, 0.15) is 57.7 Å². The minimum atomic E-state index is 0.260. The zero-order valence-corrected chi connectivity index (χ0v) is 29.3. The van der Waals surface area contributed by atoms with E-state index in [1.54, 1.807) is 0 Å². The predicted molar refractivity (Wildman–Crippen MR) is 206 cm³/mol. The summed E-state index contributed by atoms with van der Waals surface area (Å²) in [5.74, 6) is 0. The van der Waals surface area contributed by atoms with Crippen LogP contribution in [0, 0.1) is 27.7 Å². The maximum Gasteiger partial charge on any atom is 0.0385 e. The van der Waals surface area contributed by atoms with Gasteiger partial charge in [-0.3, -0.25) is 0 Å². The van der Waals surface area contributed by atoms with E-state index in [0.29, 0.717) is 0 Å². The lowest BCUT2D eigenvalue weighted by molar-refractivity contribution is 1.10. The largest absolute Gasteiger partial charge is 0.0855 e. The van der Waals surface area contributed by atoms with Crippen LogP contribution in [0.15, 0.2) is 133 Å². The zero-order valence-electron chi connectivity index (χ0n) is 27.7. The minimum Gasteiger partial charge on any atom is -0.0855 e. The van der Waals surface area contributed by atoms with Gasteiger partial charge in [0.05, 0.1) is 0 Å². The molecule has 0 spiro atoms. The van der Waals surface area contributed by atoms with Gasteiger partial charge in [-0.1, -0.05) is 177 Å². The fraction of sp³-hybridized carbons (Fsp3) is 0.182. The van der Waals surface area contributed by atoms with Crippen LogP contribution in [-0.4, -0.2) is 0 Å². The van der Waals surface area contributed by atoms with E-state index in [0.717, 1.165) is 0 Å². The highest BCUT2D eigenvalue weighted by Crippen LogP contribution is 2.52. The fourth-order valence-corrected chi connectivity index (χ4v) is 8.82. The molecule has 0 saturated carbocycles. The monoisotopic (exact) mass is 634 g/mol. The summed E-state index contributed by atoms with van der Waals surface area (Å²) in [6.45, 7) is 13.4. The van der Waals surface area contributed by atoms with Crippen LogP contribution in [0.4, 0.5) is 0 Å². The van der Waals surface area contributed by atoms with Gasteiger partial charge in [-0.05, 0) is 97.2 Å². The Bertz CT molecular complexity index is 1640. The van der Waals surface area contributed by atoms with Crippen LogP contribution in [0.3, 0.4) is 0 Å². The molecule has 46 heavy (non-hydrogen) atoms. The minimum absolute atomic E-state index is 0.260. The van der Waals surface area contributed by atoms with E-state index in [2.05, 4.69) is 175 Å². The molecule has 0 N–H and O–H groups in total. The van der Waals surface area contributed by atoms with Gasteiger partial charge < -0.3 is 0 Å². The molecule has 0 heterocycles. The smallest absolute Gasteiger partial charge is 0.0385 e. The van der Waals surface area contributed by atoms with E-state index in [9.17, 15) is 0 Å². The van der Waals surface area contributed by atoms with Crippen LogP contribution < -0.4 is 0 Å². The van der Waals surface area contributed by atoms with Crippen LogP contribution in [0.5, 0.6) is 0 Å². The summed E-state index contributed by atoms with van der Waals surface area (Å²) in [5, 5.41) is 0.520. The lowest BCUT2D eigenvalue weighted by atomic mass is 9.89. The van der Waals surface area contributed by atoms with Crippen LogP contribution in [-0.2, 0) is 0 Å². The topological polar surface area (TPSA) is 0 Å². The fourth-order valence-electron chi connectivity index (χ4n) is 6.21. The van der Waals surface area contributed by atoms with Gasteiger partial charge in [-0.15, -0.1) is 0 Å². The Hall–Kier alpha value is -3.98. The summed E-state index contributed by atoms with van der Waals surface area (Å²) in [6.07, 6.45) is 0. The van der Waals surface area contributed by atoms with Crippen molar-refractivity contribution in [2.24, 2.45) is 0 Å². The molecule has 230 valence electrons. The van der Waals surface area contributed by atoms with Crippen molar-refractivity contribution in [3.8, 4) is 44.5 Å². The number of hydrogen-bond acceptors (Lipinski definition) is 2. The van der Waals surface area contributed by atoms with E-state index < -0.39 is 0 Å². The summed E-state index contributed by atoms with van der Waals surface area (Å²) in [6, 6.07) is 49.6.